The van der Waals surface area contributed by atoms with E-state index in [0.717, 1.165) is 36.1 Å². The number of aromatic nitrogens is 2. The van der Waals surface area contributed by atoms with E-state index in [2.05, 4.69) is 22.0 Å². The van der Waals surface area contributed by atoms with Gasteiger partial charge in [0.25, 0.3) is 5.91 Å². The lowest BCUT2D eigenvalue weighted by molar-refractivity contribution is -0.139. The number of carbonyl (C=O) groups excluding carboxylic acids is 1. The highest BCUT2D eigenvalue weighted by Crippen LogP contribution is 2.33. The molecule has 1 aliphatic carbocycles. The Balaban J connectivity index is 1.67. The Morgan fingerprint density at radius 3 is 2.48 bits per heavy atom. The molecule has 6 heteroatoms. The number of fused-ring (bicyclic) bond motifs is 1. The Kier molecular flexibility index (Phi) is 7.11. The average molecular weight is 448 g/mol. The van der Waals surface area contributed by atoms with Crippen LogP contribution in [0.4, 0.5) is 0 Å². The average Bonchev–Trinajstić information content (AvgIpc) is 3.16. The van der Waals surface area contributed by atoms with Crippen molar-refractivity contribution in [2.24, 2.45) is 5.92 Å². The molecule has 4 rings (SSSR count). The van der Waals surface area contributed by atoms with E-state index in [1.165, 1.54) is 24.8 Å². The lowest BCUT2D eigenvalue weighted by Crippen LogP contribution is -2.41. The molecule has 2 N–H and O–H groups in total. The number of benzene rings is 2. The van der Waals surface area contributed by atoms with Crippen LogP contribution in [0.2, 0.25) is 0 Å². The number of rotatable bonds is 8. The number of nitrogens with zero attached hydrogens (tertiary/aromatic N) is 2. The molecular weight excluding hydrogens is 414 g/mol. The quantitative estimate of drug-likeness (QED) is 0.487. The summed E-state index contributed by atoms with van der Waals surface area (Å²) in [4.78, 5) is 29.4. The number of hydrogen-bond donors (Lipinski definition) is 2. The van der Waals surface area contributed by atoms with E-state index in [1.54, 1.807) is 12.1 Å². The van der Waals surface area contributed by atoms with Gasteiger partial charge in [-0.15, -0.1) is 0 Å². The number of nitrogens with one attached hydrogen (secondary N) is 1. The Bertz CT molecular complexity index is 1110. The first-order valence-corrected chi connectivity index (χ1v) is 12.0. The molecule has 2 aromatic carbocycles. The molecule has 6 nitrogen and oxygen atoms in total. The number of carboxylic acid groups (broad SMARTS) is 1. The van der Waals surface area contributed by atoms with Gasteiger partial charge in [-0.2, -0.15) is 0 Å². The minimum atomic E-state index is -1.01. The molecule has 0 aliphatic heterocycles. The molecule has 1 heterocycles. The summed E-state index contributed by atoms with van der Waals surface area (Å²) in [7, 11) is 0. The molecule has 1 amide bonds. The van der Waals surface area contributed by atoms with Crippen LogP contribution in [0.1, 0.15) is 80.2 Å². The SMILES string of the molecule is CC(C)CC(NC(=O)c1ccc2c(c1)nc(Cc1ccccc1)n2C1CCCCC1)C(=O)O. The van der Waals surface area contributed by atoms with E-state index in [1.807, 2.05) is 38.1 Å². The van der Waals surface area contributed by atoms with Gasteiger partial charge in [0.05, 0.1) is 11.0 Å². The summed E-state index contributed by atoms with van der Waals surface area (Å²) in [6.07, 6.45) is 7.15. The van der Waals surface area contributed by atoms with Crippen molar-refractivity contribution in [2.75, 3.05) is 0 Å². The first-order chi connectivity index (χ1) is 15.9. The van der Waals surface area contributed by atoms with Gasteiger partial charge in [0.2, 0.25) is 0 Å². The van der Waals surface area contributed by atoms with Crippen LogP contribution < -0.4 is 5.32 Å². The summed E-state index contributed by atoms with van der Waals surface area (Å²) in [5.41, 5.74) is 3.48. The Morgan fingerprint density at radius 1 is 1.09 bits per heavy atom. The molecule has 0 radical (unpaired) electrons. The number of carbonyl (C=O) groups is 2. The summed E-state index contributed by atoms with van der Waals surface area (Å²) in [6, 6.07) is 15.4. The molecule has 33 heavy (non-hydrogen) atoms. The molecule has 1 aliphatic rings. The van der Waals surface area contributed by atoms with E-state index >= 15 is 0 Å². The van der Waals surface area contributed by atoms with Crippen molar-refractivity contribution in [1.29, 1.82) is 0 Å². The van der Waals surface area contributed by atoms with E-state index < -0.39 is 12.0 Å². The topological polar surface area (TPSA) is 84.2 Å². The zero-order valence-corrected chi connectivity index (χ0v) is 19.5. The van der Waals surface area contributed by atoms with Gasteiger partial charge in [-0.3, -0.25) is 4.79 Å². The maximum absolute atomic E-state index is 12.9. The molecule has 1 fully saturated rings. The number of hydrogen-bond acceptors (Lipinski definition) is 3. The van der Waals surface area contributed by atoms with Gasteiger partial charge < -0.3 is 15.0 Å². The molecular formula is C27H33N3O3. The first kappa shape index (κ1) is 23.0. The van der Waals surface area contributed by atoms with Crippen molar-refractivity contribution >= 4 is 22.9 Å². The number of carboxylic acids is 1. The molecule has 174 valence electrons. The van der Waals surface area contributed by atoms with Gasteiger partial charge >= 0.3 is 5.97 Å². The maximum Gasteiger partial charge on any atom is 0.326 e. The fraction of sp³-hybridized carbons (Fsp3) is 0.444. The fourth-order valence-electron chi connectivity index (χ4n) is 4.87. The lowest BCUT2D eigenvalue weighted by Gasteiger charge is -2.25. The maximum atomic E-state index is 12.9. The lowest BCUT2D eigenvalue weighted by atomic mass is 9.95. The molecule has 0 saturated heterocycles. The summed E-state index contributed by atoms with van der Waals surface area (Å²) < 4.78 is 2.38. The third-order valence-corrected chi connectivity index (χ3v) is 6.48. The van der Waals surface area contributed by atoms with Gasteiger partial charge in [-0.1, -0.05) is 63.4 Å². The summed E-state index contributed by atoms with van der Waals surface area (Å²) in [5.74, 6) is -0.198. The molecule has 0 bridgehead atoms. The smallest absolute Gasteiger partial charge is 0.326 e. The van der Waals surface area contributed by atoms with Gasteiger partial charge in [0.1, 0.15) is 11.9 Å². The normalized spacial score (nSPS) is 15.6. The first-order valence-electron chi connectivity index (χ1n) is 12.0. The van der Waals surface area contributed by atoms with Crippen molar-refractivity contribution in [3.05, 3.63) is 65.5 Å². The highest BCUT2D eigenvalue weighted by Gasteiger charge is 2.24. The van der Waals surface area contributed by atoms with Crippen LogP contribution in [0.25, 0.3) is 11.0 Å². The highest BCUT2D eigenvalue weighted by molar-refractivity contribution is 5.99. The predicted octanol–water partition coefficient (Wildman–Crippen LogP) is 5.36. The van der Waals surface area contributed by atoms with Crippen LogP contribution in [0.3, 0.4) is 0 Å². The molecule has 3 aromatic rings. The predicted molar refractivity (Wildman–Crippen MR) is 129 cm³/mol. The fourth-order valence-corrected chi connectivity index (χ4v) is 4.87. The van der Waals surface area contributed by atoms with Crippen molar-refractivity contribution in [1.82, 2.24) is 14.9 Å². The van der Waals surface area contributed by atoms with Crippen LogP contribution in [0.15, 0.2) is 48.5 Å². The second-order valence-corrected chi connectivity index (χ2v) is 9.55. The standard InChI is InChI=1S/C27H33N3O3/c1-18(2)15-23(27(32)33)29-26(31)20-13-14-24-22(17-20)28-25(16-19-9-5-3-6-10-19)30(24)21-11-7-4-8-12-21/h3,5-6,9-10,13-14,17-18,21,23H,4,7-8,11-12,15-16H2,1-2H3,(H,29,31)(H,32,33). The molecule has 1 saturated carbocycles. The zero-order valence-electron chi connectivity index (χ0n) is 19.5. The van der Waals surface area contributed by atoms with E-state index in [4.69, 9.17) is 4.98 Å². The summed E-state index contributed by atoms with van der Waals surface area (Å²) in [6.45, 7) is 3.89. The van der Waals surface area contributed by atoms with Gasteiger partial charge in [-0.05, 0) is 48.9 Å². The zero-order chi connectivity index (χ0) is 23.4. The molecule has 1 aromatic heterocycles. The minimum Gasteiger partial charge on any atom is -0.480 e. The van der Waals surface area contributed by atoms with Crippen LogP contribution in [-0.4, -0.2) is 32.6 Å². The van der Waals surface area contributed by atoms with E-state index in [0.29, 0.717) is 18.0 Å². The molecule has 1 unspecified atom stereocenters. The third-order valence-electron chi connectivity index (χ3n) is 6.48. The third kappa shape index (κ3) is 5.44. The van der Waals surface area contributed by atoms with Crippen molar-refractivity contribution < 1.29 is 14.7 Å². The van der Waals surface area contributed by atoms with Gasteiger partial charge in [-0.25, -0.2) is 9.78 Å². The van der Waals surface area contributed by atoms with Gasteiger partial charge in [0.15, 0.2) is 0 Å². The van der Waals surface area contributed by atoms with E-state index in [9.17, 15) is 14.7 Å². The largest absolute Gasteiger partial charge is 0.480 e. The molecule has 0 spiro atoms. The van der Waals surface area contributed by atoms with Crippen LogP contribution in [-0.2, 0) is 11.2 Å². The number of amides is 1. The van der Waals surface area contributed by atoms with Crippen LogP contribution in [0.5, 0.6) is 0 Å². The second kappa shape index (κ2) is 10.2. The monoisotopic (exact) mass is 447 g/mol. The Labute approximate surface area is 195 Å². The number of imidazole rings is 1. The summed E-state index contributed by atoms with van der Waals surface area (Å²) >= 11 is 0. The summed E-state index contributed by atoms with van der Waals surface area (Å²) in [5, 5.41) is 12.2. The van der Waals surface area contributed by atoms with Crippen LogP contribution in [0, 0.1) is 5.92 Å². The van der Waals surface area contributed by atoms with Crippen molar-refractivity contribution in [3.8, 4) is 0 Å². The molecule has 1 atom stereocenters. The second-order valence-electron chi connectivity index (χ2n) is 9.55. The van der Waals surface area contributed by atoms with Crippen molar-refractivity contribution in [2.45, 2.75) is 70.9 Å². The van der Waals surface area contributed by atoms with Crippen LogP contribution >= 0.6 is 0 Å². The van der Waals surface area contributed by atoms with Gasteiger partial charge in [0, 0.05) is 18.0 Å². The van der Waals surface area contributed by atoms with Crippen molar-refractivity contribution in [3.63, 3.8) is 0 Å². The Hall–Kier alpha value is -3.15. The minimum absolute atomic E-state index is 0.167. The number of aliphatic carboxylic acids is 1. The Morgan fingerprint density at radius 2 is 1.82 bits per heavy atom. The van der Waals surface area contributed by atoms with E-state index in [-0.39, 0.29) is 11.8 Å². The highest BCUT2D eigenvalue weighted by atomic mass is 16.4.